The van der Waals surface area contributed by atoms with E-state index in [4.69, 9.17) is 0 Å². The molecule has 2 aliphatic rings. The Labute approximate surface area is 102 Å². The number of carbonyl (C=O) groups is 1. The maximum atomic E-state index is 12.0. The molecule has 0 spiro atoms. The van der Waals surface area contributed by atoms with Gasteiger partial charge in [0.15, 0.2) is 0 Å². The summed E-state index contributed by atoms with van der Waals surface area (Å²) in [7, 11) is 0. The van der Waals surface area contributed by atoms with Gasteiger partial charge in [0.05, 0.1) is 6.04 Å². The van der Waals surface area contributed by atoms with Crippen LogP contribution in [0.1, 0.15) is 32.6 Å². The molecular weight excluding hydrogens is 220 g/mol. The molecule has 0 aromatic rings. The number of carbonyl (C=O) groups excluding carboxylic acids is 1. The van der Waals surface area contributed by atoms with Crippen molar-refractivity contribution in [2.24, 2.45) is 5.92 Å². The van der Waals surface area contributed by atoms with Crippen LogP contribution in [0.15, 0.2) is 0 Å². The van der Waals surface area contributed by atoms with Crippen LogP contribution in [0.25, 0.3) is 0 Å². The van der Waals surface area contributed by atoms with Gasteiger partial charge in [-0.25, -0.2) is 0 Å². The van der Waals surface area contributed by atoms with Crippen LogP contribution in [0.4, 0.5) is 0 Å². The second kappa shape index (κ2) is 5.41. The summed E-state index contributed by atoms with van der Waals surface area (Å²) in [6.07, 6.45) is 6.83. The zero-order valence-electron chi connectivity index (χ0n) is 10.2. The van der Waals surface area contributed by atoms with Crippen LogP contribution in [-0.4, -0.2) is 36.0 Å². The zero-order valence-corrected chi connectivity index (χ0v) is 11.0. The van der Waals surface area contributed by atoms with Gasteiger partial charge in [0.2, 0.25) is 5.91 Å². The lowest BCUT2D eigenvalue weighted by Crippen LogP contribution is -2.46. The summed E-state index contributed by atoms with van der Waals surface area (Å²) >= 11 is 1.93. The van der Waals surface area contributed by atoms with Gasteiger partial charge in [-0.1, -0.05) is 6.92 Å². The molecular formula is C12H22N2OS. The summed E-state index contributed by atoms with van der Waals surface area (Å²) in [5.74, 6) is 0.703. The van der Waals surface area contributed by atoms with Crippen molar-refractivity contribution in [2.75, 3.05) is 12.8 Å². The normalized spacial score (nSPS) is 38.9. The number of rotatable bonds is 3. The third kappa shape index (κ3) is 2.72. The van der Waals surface area contributed by atoms with Gasteiger partial charge in [0.1, 0.15) is 0 Å². The summed E-state index contributed by atoms with van der Waals surface area (Å²) < 4.78 is 0. The second-order valence-corrected chi connectivity index (χ2v) is 6.21. The minimum Gasteiger partial charge on any atom is -0.352 e. The Kier molecular flexibility index (Phi) is 4.14. The predicted molar refractivity (Wildman–Crippen MR) is 68.7 cm³/mol. The first-order valence-corrected chi connectivity index (χ1v) is 7.56. The topological polar surface area (TPSA) is 41.1 Å². The van der Waals surface area contributed by atoms with Crippen LogP contribution in [0.2, 0.25) is 0 Å². The number of hydrogen-bond donors (Lipinski definition) is 2. The maximum Gasteiger partial charge on any atom is 0.237 e. The second-order valence-electron chi connectivity index (χ2n) is 5.07. The lowest BCUT2D eigenvalue weighted by molar-refractivity contribution is -0.124. The van der Waals surface area contributed by atoms with Gasteiger partial charge in [-0.05, 0) is 44.4 Å². The van der Waals surface area contributed by atoms with Gasteiger partial charge in [-0.15, -0.1) is 0 Å². The lowest BCUT2D eigenvalue weighted by Gasteiger charge is -2.19. The molecule has 16 heavy (non-hydrogen) atoms. The Balaban J connectivity index is 1.79. The van der Waals surface area contributed by atoms with E-state index in [1.807, 2.05) is 11.8 Å². The zero-order chi connectivity index (χ0) is 11.5. The largest absolute Gasteiger partial charge is 0.352 e. The SMILES string of the molecule is CSC1CCC(NC(=O)C2NCCC2C)C1. The highest BCUT2D eigenvalue weighted by molar-refractivity contribution is 7.99. The molecule has 0 aromatic heterocycles. The van der Waals surface area contributed by atoms with Crippen LogP contribution in [0.3, 0.4) is 0 Å². The fourth-order valence-corrected chi connectivity index (χ4v) is 3.56. The fourth-order valence-electron chi connectivity index (χ4n) is 2.76. The first-order chi connectivity index (χ1) is 7.70. The van der Waals surface area contributed by atoms with Gasteiger partial charge < -0.3 is 10.6 Å². The van der Waals surface area contributed by atoms with Crippen molar-refractivity contribution < 1.29 is 4.79 Å². The highest BCUT2D eigenvalue weighted by atomic mass is 32.2. The Hall–Kier alpha value is -0.220. The Morgan fingerprint density at radius 2 is 2.19 bits per heavy atom. The average Bonchev–Trinajstić information content (AvgIpc) is 2.86. The van der Waals surface area contributed by atoms with E-state index < -0.39 is 0 Å². The Bertz CT molecular complexity index is 259. The molecule has 1 heterocycles. The molecule has 2 fully saturated rings. The lowest BCUT2D eigenvalue weighted by atomic mass is 10.0. The first-order valence-electron chi connectivity index (χ1n) is 6.27. The highest BCUT2D eigenvalue weighted by Gasteiger charge is 2.32. The summed E-state index contributed by atoms with van der Waals surface area (Å²) in [5, 5.41) is 7.24. The fraction of sp³-hybridized carbons (Fsp3) is 0.917. The van der Waals surface area contributed by atoms with E-state index in [0.717, 1.165) is 31.1 Å². The summed E-state index contributed by atoms with van der Waals surface area (Å²) in [6, 6.07) is 0.466. The molecule has 4 atom stereocenters. The third-order valence-corrected chi connectivity index (χ3v) is 4.97. The van der Waals surface area contributed by atoms with Gasteiger partial charge in [0, 0.05) is 11.3 Å². The monoisotopic (exact) mass is 242 g/mol. The van der Waals surface area contributed by atoms with Crippen molar-refractivity contribution >= 4 is 17.7 Å². The molecule has 2 N–H and O–H groups in total. The van der Waals surface area contributed by atoms with Crippen molar-refractivity contribution in [3.8, 4) is 0 Å². The highest BCUT2D eigenvalue weighted by Crippen LogP contribution is 2.28. The third-order valence-electron chi connectivity index (χ3n) is 3.88. The molecule has 1 aliphatic heterocycles. The molecule has 0 aromatic carbocycles. The van der Waals surface area contributed by atoms with Crippen molar-refractivity contribution in [3.63, 3.8) is 0 Å². The quantitative estimate of drug-likeness (QED) is 0.786. The van der Waals surface area contributed by atoms with Gasteiger partial charge in [-0.2, -0.15) is 11.8 Å². The number of amides is 1. The van der Waals surface area contributed by atoms with Gasteiger partial charge in [0.25, 0.3) is 0 Å². The standard InChI is InChI=1S/C12H22N2OS/c1-8-5-6-13-11(8)12(15)14-9-3-4-10(7-9)16-2/h8-11,13H,3-7H2,1-2H3,(H,14,15). The first kappa shape index (κ1) is 12.2. The van der Waals surface area contributed by atoms with E-state index in [0.29, 0.717) is 12.0 Å². The Morgan fingerprint density at radius 3 is 2.75 bits per heavy atom. The van der Waals surface area contributed by atoms with Crippen LogP contribution >= 0.6 is 11.8 Å². The molecule has 2 rings (SSSR count). The molecule has 1 saturated heterocycles. The van der Waals surface area contributed by atoms with E-state index in [1.54, 1.807) is 0 Å². The van der Waals surface area contributed by atoms with E-state index in [9.17, 15) is 4.79 Å². The number of thioether (sulfide) groups is 1. The van der Waals surface area contributed by atoms with Gasteiger partial charge in [-0.3, -0.25) is 4.79 Å². The van der Waals surface area contributed by atoms with Crippen molar-refractivity contribution in [1.82, 2.24) is 10.6 Å². The molecule has 0 radical (unpaired) electrons. The molecule has 4 heteroatoms. The van der Waals surface area contributed by atoms with Crippen LogP contribution in [0.5, 0.6) is 0 Å². The number of nitrogens with one attached hydrogen (secondary N) is 2. The van der Waals surface area contributed by atoms with Crippen molar-refractivity contribution in [1.29, 1.82) is 0 Å². The molecule has 1 aliphatic carbocycles. The Morgan fingerprint density at radius 1 is 1.38 bits per heavy atom. The minimum atomic E-state index is 0.0494. The predicted octanol–water partition coefficient (Wildman–Crippen LogP) is 1.38. The molecule has 0 bridgehead atoms. The van der Waals surface area contributed by atoms with E-state index >= 15 is 0 Å². The van der Waals surface area contributed by atoms with Gasteiger partial charge >= 0.3 is 0 Å². The molecule has 1 amide bonds. The molecule has 92 valence electrons. The molecule has 4 unspecified atom stereocenters. The minimum absolute atomic E-state index is 0.0494. The summed E-state index contributed by atoms with van der Waals surface area (Å²) in [4.78, 5) is 12.0. The summed E-state index contributed by atoms with van der Waals surface area (Å²) in [5.41, 5.74) is 0. The smallest absolute Gasteiger partial charge is 0.237 e. The summed E-state index contributed by atoms with van der Waals surface area (Å²) in [6.45, 7) is 3.14. The van der Waals surface area contributed by atoms with E-state index in [1.165, 1.54) is 6.42 Å². The van der Waals surface area contributed by atoms with E-state index in [2.05, 4.69) is 23.8 Å². The molecule has 1 saturated carbocycles. The van der Waals surface area contributed by atoms with Crippen molar-refractivity contribution in [3.05, 3.63) is 0 Å². The van der Waals surface area contributed by atoms with Crippen LogP contribution in [0, 0.1) is 5.92 Å². The van der Waals surface area contributed by atoms with Crippen molar-refractivity contribution in [2.45, 2.75) is 49.9 Å². The molecule has 3 nitrogen and oxygen atoms in total. The van der Waals surface area contributed by atoms with Crippen LogP contribution < -0.4 is 10.6 Å². The average molecular weight is 242 g/mol. The van der Waals surface area contributed by atoms with E-state index in [-0.39, 0.29) is 11.9 Å². The van der Waals surface area contributed by atoms with Crippen LogP contribution in [-0.2, 0) is 4.79 Å². The number of hydrogen-bond acceptors (Lipinski definition) is 3. The maximum absolute atomic E-state index is 12.0.